The number of hydrogen-bond acceptors (Lipinski definition) is 3. The van der Waals surface area contributed by atoms with Crippen LogP contribution in [0.3, 0.4) is 0 Å². The molecule has 0 spiro atoms. The topological polar surface area (TPSA) is 45.2 Å². The number of nitrogens with one attached hydrogen (secondary N) is 1. The number of aromatic nitrogens is 1. The van der Waals surface area contributed by atoms with Gasteiger partial charge in [-0.2, -0.15) is 0 Å². The van der Waals surface area contributed by atoms with E-state index < -0.39 is 0 Å². The van der Waals surface area contributed by atoms with E-state index in [0.717, 1.165) is 32.6 Å². The highest BCUT2D eigenvalue weighted by Crippen LogP contribution is 2.09. The van der Waals surface area contributed by atoms with E-state index in [1.165, 1.54) is 6.20 Å². The monoisotopic (exact) mass is 311 g/mol. The highest BCUT2D eigenvalue weighted by Gasteiger charge is 2.17. The third-order valence-corrected chi connectivity index (χ3v) is 2.80. The molecule has 1 amide bonds. The van der Waals surface area contributed by atoms with Gasteiger partial charge in [0.25, 0.3) is 5.91 Å². The molecule has 0 bridgehead atoms. The van der Waals surface area contributed by atoms with Gasteiger partial charge < -0.3 is 10.2 Å². The second kappa shape index (κ2) is 8.53. The maximum absolute atomic E-state index is 12.1. The fourth-order valence-corrected chi connectivity index (χ4v) is 1.82. The zero-order valence-corrected chi connectivity index (χ0v) is 12.2. The highest BCUT2D eigenvalue weighted by molar-refractivity contribution is 6.30. The summed E-state index contributed by atoms with van der Waals surface area (Å²) in [6.07, 6.45) is 2.49. The van der Waals surface area contributed by atoms with E-state index in [1.54, 1.807) is 12.1 Å². The second-order valence-corrected chi connectivity index (χ2v) is 4.19. The Labute approximate surface area is 124 Å². The van der Waals surface area contributed by atoms with E-state index in [-0.39, 0.29) is 30.7 Å². The molecule has 1 aromatic heterocycles. The lowest BCUT2D eigenvalue weighted by atomic mass is 10.3. The molecule has 1 aromatic rings. The summed E-state index contributed by atoms with van der Waals surface area (Å²) in [4.78, 5) is 17.9. The van der Waals surface area contributed by atoms with Gasteiger partial charge in [0.15, 0.2) is 0 Å². The Balaban J connectivity index is 0.00000144. The van der Waals surface area contributed by atoms with Crippen LogP contribution in [0.25, 0.3) is 0 Å². The van der Waals surface area contributed by atoms with Crippen LogP contribution in [0.4, 0.5) is 0 Å². The van der Waals surface area contributed by atoms with E-state index in [4.69, 9.17) is 11.6 Å². The van der Waals surface area contributed by atoms with Crippen molar-refractivity contribution in [2.24, 2.45) is 0 Å². The molecule has 0 atom stereocenters. The van der Waals surface area contributed by atoms with E-state index in [9.17, 15) is 4.79 Å². The zero-order valence-electron chi connectivity index (χ0n) is 9.76. The zero-order chi connectivity index (χ0) is 11.4. The number of carbonyl (C=O) groups excluding carboxylic acids is 1. The van der Waals surface area contributed by atoms with Crippen molar-refractivity contribution in [2.75, 3.05) is 26.2 Å². The lowest BCUT2D eigenvalue weighted by Crippen LogP contribution is -2.34. The second-order valence-electron chi connectivity index (χ2n) is 3.76. The van der Waals surface area contributed by atoms with Crippen LogP contribution in [0.1, 0.15) is 16.9 Å². The molecule has 1 N–H and O–H groups in total. The third-order valence-electron chi connectivity index (χ3n) is 2.57. The maximum atomic E-state index is 12.1. The molecule has 1 fully saturated rings. The molecule has 102 valence electrons. The molecule has 4 nitrogen and oxygen atoms in total. The molecule has 0 radical (unpaired) electrons. The minimum absolute atomic E-state index is 0. The molecule has 2 heterocycles. The average Bonchev–Trinajstić information content (AvgIpc) is 2.57. The van der Waals surface area contributed by atoms with Gasteiger partial charge in [-0.05, 0) is 25.1 Å². The molecule has 0 saturated carbocycles. The summed E-state index contributed by atoms with van der Waals surface area (Å²) in [5, 5.41) is 3.81. The first-order chi connectivity index (χ1) is 7.77. The van der Waals surface area contributed by atoms with Gasteiger partial charge in [-0.25, -0.2) is 4.98 Å². The Kier molecular flexibility index (Phi) is 8.27. The van der Waals surface area contributed by atoms with Crippen molar-refractivity contribution in [3.63, 3.8) is 0 Å². The maximum Gasteiger partial charge on any atom is 0.272 e. The summed E-state index contributed by atoms with van der Waals surface area (Å²) in [7, 11) is 0. The molecule has 0 unspecified atom stereocenters. The smallest absolute Gasteiger partial charge is 0.272 e. The van der Waals surface area contributed by atoms with E-state index in [2.05, 4.69) is 10.3 Å². The van der Waals surface area contributed by atoms with Crippen LogP contribution in [0.15, 0.2) is 18.3 Å². The molecule has 2 rings (SSSR count). The first-order valence-corrected chi connectivity index (χ1v) is 5.77. The Morgan fingerprint density at radius 3 is 2.72 bits per heavy atom. The minimum atomic E-state index is -0.0135. The van der Waals surface area contributed by atoms with Crippen LogP contribution in [-0.2, 0) is 0 Å². The summed E-state index contributed by atoms with van der Waals surface area (Å²) in [5.74, 6) is -0.0135. The molecule has 1 aliphatic heterocycles. The van der Waals surface area contributed by atoms with Crippen molar-refractivity contribution < 1.29 is 4.79 Å². The quantitative estimate of drug-likeness (QED) is 0.863. The van der Waals surface area contributed by atoms with Crippen LogP contribution in [0.5, 0.6) is 0 Å². The largest absolute Gasteiger partial charge is 0.336 e. The van der Waals surface area contributed by atoms with Crippen molar-refractivity contribution in [3.8, 4) is 0 Å². The predicted octanol–water partition coefficient (Wildman–Crippen LogP) is 2.01. The molecule has 7 heteroatoms. The van der Waals surface area contributed by atoms with Crippen molar-refractivity contribution in [2.45, 2.75) is 6.42 Å². The van der Waals surface area contributed by atoms with Gasteiger partial charge in [0.05, 0.1) is 5.02 Å². The lowest BCUT2D eigenvalue weighted by Gasteiger charge is -2.19. The van der Waals surface area contributed by atoms with Gasteiger partial charge in [-0.15, -0.1) is 24.8 Å². The number of halogens is 3. The van der Waals surface area contributed by atoms with E-state index in [1.807, 2.05) is 4.90 Å². The first kappa shape index (κ1) is 17.4. The average molecular weight is 313 g/mol. The van der Waals surface area contributed by atoms with Gasteiger partial charge in [0.1, 0.15) is 5.69 Å². The van der Waals surface area contributed by atoms with Crippen LogP contribution in [0, 0.1) is 0 Å². The van der Waals surface area contributed by atoms with Crippen molar-refractivity contribution in [1.82, 2.24) is 15.2 Å². The van der Waals surface area contributed by atoms with Gasteiger partial charge in [-0.1, -0.05) is 11.6 Å². The Morgan fingerprint density at radius 1 is 1.28 bits per heavy atom. The fourth-order valence-electron chi connectivity index (χ4n) is 1.71. The van der Waals surface area contributed by atoms with Crippen LogP contribution < -0.4 is 5.32 Å². The Morgan fingerprint density at radius 2 is 2.06 bits per heavy atom. The normalized spacial score (nSPS) is 15.1. The first-order valence-electron chi connectivity index (χ1n) is 5.39. The summed E-state index contributed by atoms with van der Waals surface area (Å²) >= 11 is 5.73. The fraction of sp³-hybridized carbons (Fsp3) is 0.455. The van der Waals surface area contributed by atoms with Gasteiger partial charge in [-0.3, -0.25) is 4.79 Å². The Bertz CT molecular complexity index is 364. The molecular formula is C11H16Cl3N3O. The van der Waals surface area contributed by atoms with Gasteiger partial charge in [0, 0.05) is 25.8 Å². The number of amides is 1. The summed E-state index contributed by atoms with van der Waals surface area (Å²) in [6.45, 7) is 3.34. The molecule has 0 aliphatic carbocycles. The molecular weight excluding hydrogens is 297 g/mol. The standard InChI is InChI=1S/C11H14ClN3O.2ClH/c12-9-2-3-10(14-8-9)11(16)15-6-1-4-13-5-7-15;;/h2-3,8,13H,1,4-7H2;2*1H. The SMILES string of the molecule is Cl.Cl.O=C(c1ccc(Cl)cn1)N1CCCNCC1. The number of pyridine rings is 1. The van der Waals surface area contributed by atoms with E-state index in [0.29, 0.717) is 10.7 Å². The minimum Gasteiger partial charge on any atom is -0.336 e. The number of hydrogen-bond donors (Lipinski definition) is 1. The van der Waals surface area contributed by atoms with Crippen LogP contribution in [0.2, 0.25) is 5.02 Å². The molecule has 1 saturated heterocycles. The Hall–Kier alpha value is -0.550. The summed E-state index contributed by atoms with van der Waals surface area (Å²) in [5.41, 5.74) is 0.464. The molecule has 0 aromatic carbocycles. The van der Waals surface area contributed by atoms with Gasteiger partial charge in [0.2, 0.25) is 0 Å². The van der Waals surface area contributed by atoms with Crippen molar-refractivity contribution >= 4 is 42.3 Å². The highest BCUT2D eigenvalue weighted by atomic mass is 35.5. The predicted molar refractivity (Wildman–Crippen MR) is 77.1 cm³/mol. The van der Waals surface area contributed by atoms with Crippen molar-refractivity contribution in [1.29, 1.82) is 0 Å². The van der Waals surface area contributed by atoms with Crippen LogP contribution in [-0.4, -0.2) is 42.0 Å². The number of rotatable bonds is 1. The summed E-state index contributed by atoms with van der Waals surface area (Å²) in [6, 6.07) is 3.36. The third kappa shape index (κ3) is 4.61. The molecule has 18 heavy (non-hydrogen) atoms. The summed E-state index contributed by atoms with van der Waals surface area (Å²) < 4.78 is 0. The lowest BCUT2D eigenvalue weighted by molar-refractivity contribution is 0.0760. The van der Waals surface area contributed by atoms with Gasteiger partial charge >= 0.3 is 0 Å². The number of nitrogens with zero attached hydrogens (tertiary/aromatic N) is 2. The molecule has 1 aliphatic rings. The van der Waals surface area contributed by atoms with Crippen LogP contribution >= 0.6 is 36.4 Å². The van der Waals surface area contributed by atoms with E-state index >= 15 is 0 Å². The van der Waals surface area contributed by atoms with Crippen molar-refractivity contribution in [3.05, 3.63) is 29.0 Å². The number of carbonyl (C=O) groups is 1.